The van der Waals surface area contributed by atoms with Gasteiger partial charge in [0.2, 0.25) is 0 Å². The highest BCUT2D eigenvalue weighted by atomic mass is 16.5. The second kappa shape index (κ2) is 19.2. The summed E-state index contributed by atoms with van der Waals surface area (Å²) in [6, 6.07) is 49.2. The molecule has 0 saturated heterocycles. The van der Waals surface area contributed by atoms with Crippen LogP contribution < -0.4 is 18.9 Å². The SMILES string of the molecule is CCOc1ccc(-c2c(Oc3ccccc3)cccc2C(CC(C)C)OC(CC(C)C)c2cccc(Oc3ccccc3)c2-c2ccc(OCC)cc2)cc1. The Balaban J connectivity index is 1.49. The van der Waals surface area contributed by atoms with Gasteiger partial charge in [0.25, 0.3) is 0 Å². The average Bonchev–Trinajstić information content (AvgIpc) is 3.19. The van der Waals surface area contributed by atoms with Gasteiger partial charge in [-0.25, -0.2) is 0 Å². The minimum Gasteiger partial charge on any atom is -0.494 e. The second-order valence-electron chi connectivity index (χ2n) is 14.6. The molecule has 6 aromatic carbocycles. The number of rotatable bonds is 18. The Morgan fingerprint density at radius 3 is 1.13 bits per heavy atom. The van der Waals surface area contributed by atoms with E-state index in [1.165, 1.54) is 0 Å². The van der Waals surface area contributed by atoms with Gasteiger partial charge in [-0.1, -0.05) is 113 Å². The third kappa shape index (κ3) is 10.4. The molecule has 0 aliphatic carbocycles. The van der Waals surface area contributed by atoms with Gasteiger partial charge in [0.05, 0.1) is 25.4 Å². The van der Waals surface area contributed by atoms with Gasteiger partial charge in [0.15, 0.2) is 0 Å². The quantitative estimate of drug-likeness (QED) is 0.0880. The molecule has 0 amide bonds. The highest BCUT2D eigenvalue weighted by molar-refractivity contribution is 5.77. The number of para-hydroxylation sites is 2. The van der Waals surface area contributed by atoms with Crippen molar-refractivity contribution in [1.82, 2.24) is 0 Å². The van der Waals surface area contributed by atoms with E-state index >= 15 is 0 Å². The van der Waals surface area contributed by atoms with Crippen molar-refractivity contribution in [2.45, 2.75) is 66.6 Å². The van der Waals surface area contributed by atoms with Crippen LogP contribution in [0.1, 0.15) is 77.7 Å². The van der Waals surface area contributed by atoms with E-state index in [2.05, 4.69) is 88.4 Å². The molecule has 0 spiro atoms. The van der Waals surface area contributed by atoms with E-state index in [1.54, 1.807) is 0 Å². The Morgan fingerprint density at radius 1 is 0.400 bits per heavy atom. The van der Waals surface area contributed by atoms with Crippen molar-refractivity contribution in [3.05, 3.63) is 157 Å². The van der Waals surface area contributed by atoms with Gasteiger partial charge in [-0.05, 0) is 121 Å². The molecule has 0 bridgehead atoms. The molecule has 0 fully saturated rings. The lowest BCUT2D eigenvalue weighted by Crippen LogP contribution is -2.16. The zero-order chi connectivity index (χ0) is 38.6. The zero-order valence-corrected chi connectivity index (χ0v) is 33.0. The summed E-state index contributed by atoms with van der Waals surface area (Å²) in [5.41, 5.74) is 6.26. The van der Waals surface area contributed by atoms with Crippen LogP contribution in [-0.4, -0.2) is 13.2 Å². The Kier molecular flexibility index (Phi) is 13.7. The predicted octanol–water partition coefficient (Wildman–Crippen LogP) is 14.3. The normalized spacial score (nSPS) is 12.4. The monoisotopic (exact) mass is 734 g/mol. The average molecular weight is 735 g/mol. The lowest BCUT2D eigenvalue weighted by molar-refractivity contribution is -0.0347. The summed E-state index contributed by atoms with van der Waals surface area (Å²) >= 11 is 0. The van der Waals surface area contributed by atoms with Crippen LogP contribution in [0.15, 0.2) is 146 Å². The van der Waals surface area contributed by atoms with Crippen molar-refractivity contribution in [2.24, 2.45) is 11.8 Å². The molecule has 2 unspecified atom stereocenters. The molecule has 6 rings (SSSR count). The molecule has 0 aromatic heterocycles. The third-order valence-electron chi connectivity index (χ3n) is 9.36. The molecule has 6 aromatic rings. The van der Waals surface area contributed by atoms with Crippen molar-refractivity contribution >= 4 is 0 Å². The molecule has 5 nitrogen and oxygen atoms in total. The van der Waals surface area contributed by atoms with Crippen LogP contribution in [-0.2, 0) is 4.74 Å². The van der Waals surface area contributed by atoms with E-state index in [1.807, 2.05) is 98.8 Å². The summed E-state index contributed by atoms with van der Waals surface area (Å²) < 4.78 is 32.5. The first kappa shape index (κ1) is 39.2. The minimum absolute atomic E-state index is 0.253. The highest BCUT2D eigenvalue weighted by Crippen LogP contribution is 2.47. The van der Waals surface area contributed by atoms with E-state index < -0.39 is 0 Å². The van der Waals surface area contributed by atoms with Crippen LogP contribution in [0.2, 0.25) is 0 Å². The van der Waals surface area contributed by atoms with Crippen LogP contribution in [0.3, 0.4) is 0 Å². The molecular formula is C50H54O5. The van der Waals surface area contributed by atoms with Gasteiger partial charge in [-0.2, -0.15) is 0 Å². The first-order chi connectivity index (χ1) is 26.8. The van der Waals surface area contributed by atoms with Crippen molar-refractivity contribution in [3.63, 3.8) is 0 Å². The summed E-state index contributed by atoms with van der Waals surface area (Å²) in [7, 11) is 0. The summed E-state index contributed by atoms with van der Waals surface area (Å²) in [6.45, 7) is 14.3. The fourth-order valence-corrected chi connectivity index (χ4v) is 6.99. The molecule has 2 atom stereocenters. The lowest BCUT2D eigenvalue weighted by atomic mass is 9.89. The smallest absolute Gasteiger partial charge is 0.135 e. The summed E-state index contributed by atoms with van der Waals surface area (Å²) in [4.78, 5) is 0. The fraction of sp³-hybridized carbons (Fsp3) is 0.280. The number of ether oxygens (including phenoxy) is 5. The maximum Gasteiger partial charge on any atom is 0.135 e. The topological polar surface area (TPSA) is 46.2 Å². The molecule has 0 N–H and O–H groups in total. The van der Waals surface area contributed by atoms with Crippen molar-refractivity contribution < 1.29 is 23.7 Å². The molecule has 5 heteroatoms. The Morgan fingerprint density at radius 2 is 0.782 bits per heavy atom. The van der Waals surface area contributed by atoms with E-state index in [-0.39, 0.29) is 12.2 Å². The fourth-order valence-electron chi connectivity index (χ4n) is 6.99. The number of hydrogen-bond acceptors (Lipinski definition) is 5. The maximum absolute atomic E-state index is 7.54. The molecule has 0 aliphatic heterocycles. The van der Waals surface area contributed by atoms with Gasteiger partial charge in [-0.15, -0.1) is 0 Å². The zero-order valence-electron chi connectivity index (χ0n) is 33.0. The van der Waals surface area contributed by atoms with Crippen LogP contribution in [0.4, 0.5) is 0 Å². The first-order valence-corrected chi connectivity index (χ1v) is 19.7. The van der Waals surface area contributed by atoms with Gasteiger partial charge < -0.3 is 23.7 Å². The van der Waals surface area contributed by atoms with E-state index in [9.17, 15) is 0 Å². The first-order valence-electron chi connectivity index (χ1n) is 19.7. The summed E-state index contributed by atoms with van der Waals surface area (Å²) in [5.74, 6) is 5.49. The molecule has 284 valence electrons. The van der Waals surface area contributed by atoms with Crippen molar-refractivity contribution in [2.75, 3.05) is 13.2 Å². The Hall–Kier alpha value is -5.52. The number of benzene rings is 6. The van der Waals surface area contributed by atoms with Crippen LogP contribution in [0, 0.1) is 11.8 Å². The van der Waals surface area contributed by atoms with Gasteiger partial charge >= 0.3 is 0 Å². The predicted molar refractivity (Wildman–Crippen MR) is 225 cm³/mol. The minimum atomic E-state index is -0.253. The van der Waals surface area contributed by atoms with Gasteiger partial charge in [0.1, 0.15) is 34.5 Å². The largest absolute Gasteiger partial charge is 0.494 e. The van der Waals surface area contributed by atoms with Gasteiger partial charge in [-0.3, -0.25) is 0 Å². The highest BCUT2D eigenvalue weighted by Gasteiger charge is 2.29. The molecule has 0 saturated carbocycles. The molecular weight excluding hydrogens is 681 g/mol. The van der Waals surface area contributed by atoms with Crippen molar-refractivity contribution in [1.29, 1.82) is 0 Å². The Bertz CT molecular complexity index is 1900. The molecule has 0 radical (unpaired) electrons. The van der Waals surface area contributed by atoms with E-state index in [4.69, 9.17) is 23.7 Å². The van der Waals surface area contributed by atoms with E-state index in [0.717, 1.165) is 80.7 Å². The summed E-state index contributed by atoms with van der Waals surface area (Å²) in [5, 5.41) is 0. The van der Waals surface area contributed by atoms with Crippen LogP contribution >= 0.6 is 0 Å². The van der Waals surface area contributed by atoms with Crippen molar-refractivity contribution in [3.8, 4) is 56.8 Å². The third-order valence-corrected chi connectivity index (χ3v) is 9.36. The maximum atomic E-state index is 7.54. The van der Waals surface area contributed by atoms with Crippen LogP contribution in [0.5, 0.6) is 34.5 Å². The second-order valence-corrected chi connectivity index (χ2v) is 14.6. The van der Waals surface area contributed by atoms with Gasteiger partial charge in [0, 0.05) is 11.1 Å². The summed E-state index contributed by atoms with van der Waals surface area (Å²) in [6.07, 6.45) is 1.12. The number of hydrogen-bond donors (Lipinski definition) is 0. The molecule has 0 heterocycles. The Labute approximate surface area is 327 Å². The standard InChI is InChI=1S/C50H54O5/c1-7-51-39-29-25-37(26-30-39)49-43(21-15-23-45(49)53-41-17-11-9-12-18-41)47(33-35(3)4)55-48(34-36(5)6)44-22-16-24-46(54-42-19-13-10-14-20-42)50(44)38-27-31-40(32-28-38)52-8-2/h9-32,35-36,47-48H,7-8,33-34H2,1-6H3. The lowest BCUT2D eigenvalue weighted by Gasteiger charge is -2.31. The molecule has 55 heavy (non-hydrogen) atoms. The molecule has 0 aliphatic rings. The van der Waals surface area contributed by atoms with Crippen LogP contribution in [0.25, 0.3) is 22.3 Å². The van der Waals surface area contributed by atoms with E-state index in [0.29, 0.717) is 25.0 Å².